The fourth-order valence-electron chi connectivity index (χ4n) is 1.17. The summed E-state index contributed by atoms with van der Waals surface area (Å²) in [5.74, 6) is 0. The van der Waals surface area contributed by atoms with Crippen molar-refractivity contribution < 1.29 is 0 Å². The van der Waals surface area contributed by atoms with Gasteiger partial charge in [0.15, 0.2) is 0 Å². The molecule has 70 valence electrons. The highest BCUT2D eigenvalue weighted by Gasteiger charge is 1.91. The zero-order valence-electron chi connectivity index (χ0n) is 7.61. The molecule has 1 rings (SSSR count). The average Bonchev–Trinajstić information content (AvgIpc) is 2.19. The molecule has 2 heteroatoms. The van der Waals surface area contributed by atoms with Gasteiger partial charge in [-0.2, -0.15) is 12.6 Å². The molecule has 0 atom stereocenters. The molecule has 13 heavy (non-hydrogen) atoms. The normalized spacial score (nSPS) is 10.9. The van der Waals surface area contributed by atoms with E-state index in [9.17, 15) is 0 Å². The molecular formula is C11H15NS. The number of allylic oxidation sites excluding steroid dienone is 1. The van der Waals surface area contributed by atoms with Crippen LogP contribution in [0, 0.1) is 0 Å². The third-order valence-electron chi connectivity index (χ3n) is 1.96. The number of benzene rings is 1. The predicted octanol–water partition coefficient (Wildman–Crippen LogP) is 2.52. The van der Waals surface area contributed by atoms with Gasteiger partial charge in [0.2, 0.25) is 0 Å². The van der Waals surface area contributed by atoms with Crippen LogP contribution in [0.25, 0.3) is 0 Å². The van der Waals surface area contributed by atoms with E-state index >= 15 is 0 Å². The molecule has 0 amide bonds. The van der Waals surface area contributed by atoms with E-state index in [4.69, 9.17) is 5.73 Å². The van der Waals surface area contributed by atoms with Gasteiger partial charge in [-0.3, -0.25) is 0 Å². The van der Waals surface area contributed by atoms with Crippen molar-refractivity contribution in [3.8, 4) is 0 Å². The second-order valence-corrected chi connectivity index (χ2v) is 3.24. The maximum atomic E-state index is 5.50. The van der Waals surface area contributed by atoms with Crippen LogP contribution >= 0.6 is 12.6 Å². The van der Waals surface area contributed by atoms with E-state index < -0.39 is 0 Å². The van der Waals surface area contributed by atoms with Gasteiger partial charge in [-0.25, -0.2) is 0 Å². The zero-order valence-corrected chi connectivity index (χ0v) is 8.50. The summed E-state index contributed by atoms with van der Waals surface area (Å²) in [6.45, 7) is 0.622. The Labute approximate surface area is 85.1 Å². The molecule has 0 bridgehead atoms. The second-order valence-electron chi connectivity index (χ2n) is 2.94. The number of nitrogens with two attached hydrogens (primary N) is 1. The summed E-state index contributed by atoms with van der Waals surface area (Å²) >= 11 is 4.00. The van der Waals surface area contributed by atoms with E-state index in [-0.39, 0.29) is 0 Å². The van der Waals surface area contributed by atoms with Crippen LogP contribution in [0.15, 0.2) is 35.7 Å². The minimum Gasteiger partial charge on any atom is -0.326 e. The van der Waals surface area contributed by atoms with Gasteiger partial charge in [-0.05, 0) is 29.4 Å². The first-order valence-corrected chi connectivity index (χ1v) is 4.95. The van der Waals surface area contributed by atoms with Gasteiger partial charge in [0.25, 0.3) is 0 Å². The quantitative estimate of drug-likeness (QED) is 0.706. The molecule has 1 nitrogen and oxygen atoms in total. The molecule has 0 aliphatic heterocycles. The summed E-state index contributed by atoms with van der Waals surface area (Å²) in [6, 6.07) is 8.43. The Morgan fingerprint density at radius 1 is 1.15 bits per heavy atom. The highest BCUT2D eigenvalue weighted by Crippen LogP contribution is 2.06. The van der Waals surface area contributed by atoms with Gasteiger partial charge in [0.05, 0.1) is 0 Å². The minimum atomic E-state index is 0.622. The van der Waals surface area contributed by atoms with Gasteiger partial charge >= 0.3 is 0 Å². The van der Waals surface area contributed by atoms with E-state index in [0.29, 0.717) is 6.54 Å². The molecule has 1 aromatic carbocycles. The van der Waals surface area contributed by atoms with Gasteiger partial charge in [-0.15, -0.1) is 0 Å². The molecular weight excluding hydrogens is 178 g/mol. The average molecular weight is 193 g/mol. The van der Waals surface area contributed by atoms with Gasteiger partial charge < -0.3 is 5.73 Å². The lowest BCUT2D eigenvalue weighted by Crippen LogP contribution is -1.95. The maximum Gasteiger partial charge on any atom is 0.0178 e. The number of hydrogen-bond acceptors (Lipinski definition) is 2. The molecule has 0 saturated heterocycles. The highest BCUT2D eigenvalue weighted by molar-refractivity contribution is 7.83. The van der Waals surface area contributed by atoms with Crippen molar-refractivity contribution in [3.63, 3.8) is 0 Å². The largest absolute Gasteiger partial charge is 0.326 e. The molecule has 0 unspecified atom stereocenters. The predicted molar refractivity (Wildman–Crippen MR) is 60.8 cm³/mol. The third kappa shape index (κ3) is 3.66. The molecule has 0 aliphatic rings. The number of aryl methyl sites for hydroxylation is 1. The third-order valence-corrected chi connectivity index (χ3v) is 2.17. The first-order chi connectivity index (χ1) is 6.36. The maximum absolute atomic E-state index is 5.50. The van der Waals surface area contributed by atoms with E-state index in [1.807, 2.05) is 0 Å². The van der Waals surface area contributed by atoms with E-state index in [2.05, 4.69) is 43.0 Å². The molecule has 0 aromatic heterocycles. The smallest absolute Gasteiger partial charge is 0.0178 e. The van der Waals surface area contributed by atoms with Crippen molar-refractivity contribution >= 4 is 12.6 Å². The van der Waals surface area contributed by atoms with E-state index in [1.54, 1.807) is 5.41 Å². The Balaban J connectivity index is 2.49. The summed E-state index contributed by atoms with van der Waals surface area (Å²) in [5.41, 5.74) is 8.04. The molecule has 0 heterocycles. The van der Waals surface area contributed by atoms with Crippen LogP contribution < -0.4 is 5.73 Å². The Bertz CT molecular complexity index is 264. The van der Waals surface area contributed by atoms with Crippen molar-refractivity contribution in [2.24, 2.45) is 5.73 Å². The van der Waals surface area contributed by atoms with Gasteiger partial charge in [0.1, 0.15) is 0 Å². The van der Waals surface area contributed by atoms with Gasteiger partial charge in [0, 0.05) is 6.54 Å². The monoisotopic (exact) mass is 193 g/mol. The number of rotatable bonds is 4. The van der Waals surface area contributed by atoms with Crippen LogP contribution in [0.1, 0.15) is 17.5 Å². The Kier molecular flexibility index (Phi) is 4.65. The van der Waals surface area contributed by atoms with Crippen LogP contribution in [-0.2, 0) is 13.0 Å². The lowest BCUT2D eigenvalue weighted by Gasteiger charge is -2.00. The topological polar surface area (TPSA) is 26.0 Å². The molecule has 2 N–H and O–H groups in total. The fourth-order valence-corrected chi connectivity index (χ4v) is 1.32. The zero-order chi connectivity index (χ0) is 9.52. The SMILES string of the molecule is NCc1ccc(CC/C=C/S)cc1. The van der Waals surface area contributed by atoms with Crippen LogP contribution in [0.5, 0.6) is 0 Å². The number of thiol groups is 1. The highest BCUT2D eigenvalue weighted by atomic mass is 32.1. The van der Waals surface area contributed by atoms with Gasteiger partial charge in [-0.1, -0.05) is 30.3 Å². The molecule has 0 spiro atoms. The first-order valence-electron chi connectivity index (χ1n) is 4.44. The van der Waals surface area contributed by atoms with Crippen molar-refractivity contribution in [1.82, 2.24) is 0 Å². The van der Waals surface area contributed by atoms with Crippen LogP contribution in [0.3, 0.4) is 0 Å². The van der Waals surface area contributed by atoms with Crippen molar-refractivity contribution in [2.75, 3.05) is 0 Å². The Morgan fingerprint density at radius 2 is 1.77 bits per heavy atom. The Morgan fingerprint density at radius 3 is 2.31 bits per heavy atom. The lowest BCUT2D eigenvalue weighted by atomic mass is 10.1. The Hall–Kier alpha value is -0.730. The molecule has 1 aromatic rings. The second kappa shape index (κ2) is 5.84. The summed E-state index contributed by atoms with van der Waals surface area (Å²) < 4.78 is 0. The van der Waals surface area contributed by atoms with Crippen molar-refractivity contribution in [2.45, 2.75) is 19.4 Å². The first kappa shape index (κ1) is 10.4. The minimum absolute atomic E-state index is 0.622. The molecule has 0 radical (unpaired) electrons. The molecule has 0 saturated carbocycles. The van der Waals surface area contributed by atoms with Crippen LogP contribution in [0.4, 0.5) is 0 Å². The lowest BCUT2D eigenvalue weighted by molar-refractivity contribution is 0.994. The molecule has 0 fully saturated rings. The van der Waals surface area contributed by atoms with Crippen LogP contribution in [-0.4, -0.2) is 0 Å². The number of hydrogen-bond donors (Lipinski definition) is 2. The van der Waals surface area contributed by atoms with E-state index in [0.717, 1.165) is 12.8 Å². The van der Waals surface area contributed by atoms with Crippen molar-refractivity contribution in [3.05, 3.63) is 46.9 Å². The van der Waals surface area contributed by atoms with Crippen molar-refractivity contribution in [1.29, 1.82) is 0 Å². The summed E-state index contributed by atoms with van der Waals surface area (Å²) in [6.07, 6.45) is 4.17. The standard InChI is InChI=1S/C11H15NS/c12-9-11-6-4-10(5-7-11)3-1-2-8-13/h2,4-8,13H,1,3,9,12H2/b8-2+. The fraction of sp³-hybridized carbons (Fsp3) is 0.273. The summed E-state index contributed by atoms with van der Waals surface area (Å²) in [5, 5.41) is 1.79. The summed E-state index contributed by atoms with van der Waals surface area (Å²) in [7, 11) is 0. The van der Waals surface area contributed by atoms with Crippen LogP contribution in [0.2, 0.25) is 0 Å². The van der Waals surface area contributed by atoms with E-state index in [1.165, 1.54) is 11.1 Å². The summed E-state index contributed by atoms with van der Waals surface area (Å²) in [4.78, 5) is 0. The molecule has 0 aliphatic carbocycles.